The van der Waals surface area contributed by atoms with E-state index in [2.05, 4.69) is 29.0 Å². The van der Waals surface area contributed by atoms with Crippen LogP contribution < -0.4 is 5.32 Å². The van der Waals surface area contributed by atoms with E-state index >= 15 is 0 Å². The van der Waals surface area contributed by atoms with Crippen LogP contribution in [-0.4, -0.2) is 42.0 Å². The Hall–Kier alpha value is -0.840. The van der Waals surface area contributed by atoms with Gasteiger partial charge in [0.05, 0.1) is 10.6 Å². The van der Waals surface area contributed by atoms with E-state index in [1.54, 1.807) is 0 Å². The summed E-state index contributed by atoms with van der Waals surface area (Å²) < 4.78 is 0. The van der Waals surface area contributed by atoms with Gasteiger partial charge in [0.15, 0.2) is 0 Å². The maximum absolute atomic E-state index is 11.9. The van der Waals surface area contributed by atoms with Crippen molar-refractivity contribution >= 4 is 29.1 Å². The first-order chi connectivity index (χ1) is 9.08. The Morgan fingerprint density at radius 1 is 1.37 bits per heavy atom. The van der Waals surface area contributed by atoms with Crippen molar-refractivity contribution in [1.82, 2.24) is 15.2 Å². The standard InChI is InChI=1S/C13H19Cl2N3O/c1-3-18(4-2)7-5-6-16-13(19)10-8-12(15)17-9-11(10)14/h8-9H,3-7H2,1-2H3,(H,16,19). The Labute approximate surface area is 124 Å². The number of hydrogen-bond acceptors (Lipinski definition) is 3. The Kier molecular flexibility index (Phi) is 7.13. The fraction of sp³-hybridized carbons (Fsp3) is 0.538. The first-order valence-electron chi connectivity index (χ1n) is 6.40. The van der Waals surface area contributed by atoms with Crippen molar-refractivity contribution < 1.29 is 4.79 Å². The van der Waals surface area contributed by atoms with Crippen LogP contribution in [0.1, 0.15) is 30.6 Å². The minimum atomic E-state index is -0.214. The van der Waals surface area contributed by atoms with Gasteiger partial charge in [-0.2, -0.15) is 0 Å². The van der Waals surface area contributed by atoms with E-state index in [0.717, 1.165) is 26.1 Å². The number of aromatic nitrogens is 1. The molecule has 6 heteroatoms. The van der Waals surface area contributed by atoms with Crippen LogP contribution in [0.15, 0.2) is 12.3 Å². The quantitative estimate of drug-likeness (QED) is 0.622. The molecule has 0 fully saturated rings. The molecule has 0 bridgehead atoms. The summed E-state index contributed by atoms with van der Waals surface area (Å²) in [5, 5.41) is 3.41. The minimum Gasteiger partial charge on any atom is -0.352 e. The molecule has 0 saturated heterocycles. The van der Waals surface area contributed by atoms with E-state index in [1.165, 1.54) is 12.3 Å². The van der Waals surface area contributed by atoms with Gasteiger partial charge in [0.25, 0.3) is 5.91 Å². The van der Waals surface area contributed by atoms with E-state index in [-0.39, 0.29) is 11.1 Å². The average molecular weight is 304 g/mol. The predicted molar refractivity (Wildman–Crippen MR) is 79.0 cm³/mol. The highest BCUT2D eigenvalue weighted by atomic mass is 35.5. The molecule has 1 amide bonds. The fourth-order valence-electron chi connectivity index (χ4n) is 1.73. The molecule has 4 nitrogen and oxygen atoms in total. The molecular weight excluding hydrogens is 285 g/mol. The third-order valence-electron chi connectivity index (χ3n) is 2.90. The smallest absolute Gasteiger partial charge is 0.252 e. The van der Waals surface area contributed by atoms with Crippen molar-refractivity contribution in [2.45, 2.75) is 20.3 Å². The van der Waals surface area contributed by atoms with Crippen LogP contribution in [-0.2, 0) is 0 Å². The van der Waals surface area contributed by atoms with E-state index in [9.17, 15) is 4.79 Å². The number of hydrogen-bond donors (Lipinski definition) is 1. The first kappa shape index (κ1) is 16.2. The van der Waals surface area contributed by atoms with Crippen molar-refractivity contribution in [2.75, 3.05) is 26.2 Å². The number of rotatable bonds is 7. The zero-order valence-electron chi connectivity index (χ0n) is 11.2. The lowest BCUT2D eigenvalue weighted by Crippen LogP contribution is -2.30. The number of nitrogens with zero attached hydrogens (tertiary/aromatic N) is 2. The third-order valence-corrected chi connectivity index (χ3v) is 3.41. The molecule has 0 aliphatic carbocycles. The molecule has 0 saturated carbocycles. The molecule has 0 aliphatic heterocycles. The molecule has 0 radical (unpaired) electrons. The van der Waals surface area contributed by atoms with Gasteiger partial charge >= 0.3 is 0 Å². The largest absolute Gasteiger partial charge is 0.352 e. The number of amides is 1. The Bertz CT molecular complexity index is 422. The summed E-state index contributed by atoms with van der Waals surface area (Å²) in [6, 6.07) is 1.48. The molecule has 1 rings (SSSR count). The molecule has 1 N–H and O–H groups in total. The lowest BCUT2D eigenvalue weighted by Gasteiger charge is -2.17. The molecule has 19 heavy (non-hydrogen) atoms. The lowest BCUT2D eigenvalue weighted by molar-refractivity contribution is 0.0952. The monoisotopic (exact) mass is 303 g/mol. The van der Waals surface area contributed by atoms with Gasteiger partial charge < -0.3 is 10.2 Å². The van der Waals surface area contributed by atoms with Crippen LogP contribution >= 0.6 is 23.2 Å². The summed E-state index contributed by atoms with van der Waals surface area (Å²) in [5.74, 6) is -0.214. The number of halogens is 2. The normalized spacial score (nSPS) is 10.8. The van der Waals surface area contributed by atoms with Crippen molar-refractivity contribution in [1.29, 1.82) is 0 Å². The second kappa shape index (κ2) is 8.35. The number of carbonyl (C=O) groups excluding carboxylic acids is 1. The Morgan fingerprint density at radius 2 is 2.05 bits per heavy atom. The van der Waals surface area contributed by atoms with E-state index in [1.807, 2.05) is 0 Å². The topological polar surface area (TPSA) is 45.2 Å². The summed E-state index contributed by atoms with van der Waals surface area (Å²) in [4.78, 5) is 18.0. The second-order valence-corrected chi connectivity index (χ2v) is 4.92. The second-order valence-electron chi connectivity index (χ2n) is 4.12. The van der Waals surface area contributed by atoms with Crippen molar-refractivity contribution in [3.05, 3.63) is 28.0 Å². The van der Waals surface area contributed by atoms with E-state index in [4.69, 9.17) is 23.2 Å². The van der Waals surface area contributed by atoms with Gasteiger partial charge in [-0.15, -0.1) is 0 Å². The molecule has 1 aromatic heterocycles. The van der Waals surface area contributed by atoms with Gasteiger partial charge in [-0.05, 0) is 32.1 Å². The van der Waals surface area contributed by atoms with Gasteiger partial charge in [0.1, 0.15) is 5.15 Å². The Morgan fingerprint density at radius 3 is 2.68 bits per heavy atom. The highest BCUT2D eigenvalue weighted by Crippen LogP contribution is 2.17. The van der Waals surface area contributed by atoms with Gasteiger partial charge in [-0.1, -0.05) is 37.0 Å². The molecule has 0 aromatic carbocycles. The zero-order chi connectivity index (χ0) is 14.3. The third kappa shape index (κ3) is 5.35. The molecule has 0 spiro atoms. The molecule has 106 valence electrons. The maximum Gasteiger partial charge on any atom is 0.252 e. The van der Waals surface area contributed by atoms with E-state index in [0.29, 0.717) is 17.1 Å². The van der Waals surface area contributed by atoms with Gasteiger partial charge in [0, 0.05) is 12.7 Å². The highest BCUT2D eigenvalue weighted by molar-refractivity contribution is 6.35. The van der Waals surface area contributed by atoms with Crippen LogP contribution in [0, 0.1) is 0 Å². The molecule has 1 aromatic rings. The Balaban J connectivity index is 2.41. The SMILES string of the molecule is CCN(CC)CCCNC(=O)c1cc(Cl)ncc1Cl. The number of carbonyl (C=O) groups is 1. The zero-order valence-corrected chi connectivity index (χ0v) is 12.8. The fourth-order valence-corrected chi connectivity index (χ4v) is 2.07. The van der Waals surface area contributed by atoms with Gasteiger partial charge in [-0.25, -0.2) is 4.98 Å². The van der Waals surface area contributed by atoms with Gasteiger partial charge in [0.2, 0.25) is 0 Å². The van der Waals surface area contributed by atoms with Crippen molar-refractivity contribution in [2.24, 2.45) is 0 Å². The summed E-state index contributed by atoms with van der Waals surface area (Å²) in [6.45, 7) is 7.89. The summed E-state index contributed by atoms with van der Waals surface area (Å²) >= 11 is 11.7. The molecule has 0 aliphatic rings. The molecule has 0 atom stereocenters. The predicted octanol–water partition coefficient (Wildman–Crippen LogP) is 2.85. The molecule has 0 unspecified atom stereocenters. The summed E-state index contributed by atoms with van der Waals surface area (Å²) in [6.07, 6.45) is 2.29. The number of pyridine rings is 1. The maximum atomic E-state index is 11.9. The van der Waals surface area contributed by atoms with Crippen LogP contribution in [0.2, 0.25) is 10.2 Å². The summed E-state index contributed by atoms with van der Waals surface area (Å²) in [7, 11) is 0. The van der Waals surface area contributed by atoms with Gasteiger partial charge in [-0.3, -0.25) is 4.79 Å². The van der Waals surface area contributed by atoms with Crippen LogP contribution in [0.5, 0.6) is 0 Å². The highest BCUT2D eigenvalue weighted by Gasteiger charge is 2.11. The number of nitrogens with one attached hydrogen (secondary N) is 1. The minimum absolute atomic E-state index is 0.214. The van der Waals surface area contributed by atoms with Crippen molar-refractivity contribution in [3.63, 3.8) is 0 Å². The average Bonchev–Trinajstić information content (AvgIpc) is 2.41. The van der Waals surface area contributed by atoms with Crippen LogP contribution in [0.25, 0.3) is 0 Å². The first-order valence-corrected chi connectivity index (χ1v) is 7.15. The lowest BCUT2D eigenvalue weighted by atomic mass is 10.2. The van der Waals surface area contributed by atoms with E-state index < -0.39 is 0 Å². The van der Waals surface area contributed by atoms with Crippen LogP contribution in [0.4, 0.5) is 0 Å². The molecular formula is C13H19Cl2N3O. The molecule has 1 heterocycles. The summed E-state index contributed by atoms with van der Waals surface area (Å²) in [5.41, 5.74) is 0.365. The van der Waals surface area contributed by atoms with Crippen LogP contribution in [0.3, 0.4) is 0 Å². The van der Waals surface area contributed by atoms with Crippen molar-refractivity contribution in [3.8, 4) is 0 Å².